The van der Waals surface area contributed by atoms with Crippen molar-refractivity contribution in [3.05, 3.63) is 69.5 Å². The lowest BCUT2D eigenvalue weighted by atomic mass is 9.97. The monoisotopic (exact) mass is 300 g/mol. The summed E-state index contributed by atoms with van der Waals surface area (Å²) >= 11 is 5.98. The quantitative estimate of drug-likeness (QED) is 0.731. The normalized spacial score (nSPS) is 10.7. The van der Waals surface area contributed by atoms with Crippen molar-refractivity contribution in [3.63, 3.8) is 0 Å². The molecule has 0 aliphatic heterocycles. The Labute approximate surface area is 124 Å². The summed E-state index contributed by atoms with van der Waals surface area (Å²) < 4.78 is 5.08. The summed E-state index contributed by atoms with van der Waals surface area (Å²) in [5.41, 5.74) is -0.0349. The summed E-state index contributed by atoms with van der Waals surface area (Å²) in [6.45, 7) is 0. The standard InChI is InChI=1S/C16H9ClO4/c17-10-6-7-12-11(8-10)13(9-4-2-1-3-5-9)14(15(18)19)16(20)21-12/h1-8H,(H,18,19). The van der Waals surface area contributed by atoms with Crippen LogP contribution < -0.4 is 5.63 Å². The Morgan fingerprint density at radius 3 is 2.48 bits per heavy atom. The summed E-state index contributed by atoms with van der Waals surface area (Å²) in [6.07, 6.45) is 0. The SMILES string of the molecule is O=C(O)c1c(-c2ccccc2)c2cc(Cl)ccc2oc1=O. The fourth-order valence-corrected chi connectivity index (χ4v) is 2.45. The number of rotatable bonds is 2. The van der Waals surface area contributed by atoms with Gasteiger partial charge in [0.2, 0.25) is 0 Å². The first kappa shape index (κ1) is 13.4. The topological polar surface area (TPSA) is 67.5 Å². The van der Waals surface area contributed by atoms with Crippen molar-refractivity contribution in [2.45, 2.75) is 0 Å². The van der Waals surface area contributed by atoms with Crippen LogP contribution >= 0.6 is 11.6 Å². The minimum atomic E-state index is -1.33. The molecule has 0 aliphatic rings. The second-order valence-corrected chi connectivity index (χ2v) is 4.89. The molecule has 0 saturated heterocycles. The number of aromatic carboxylic acids is 1. The summed E-state index contributed by atoms with van der Waals surface area (Å²) in [4.78, 5) is 23.4. The number of carboxylic acids is 1. The molecular weight excluding hydrogens is 292 g/mol. The van der Waals surface area contributed by atoms with Gasteiger partial charge in [-0.05, 0) is 23.8 Å². The minimum Gasteiger partial charge on any atom is -0.477 e. The smallest absolute Gasteiger partial charge is 0.351 e. The van der Waals surface area contributed by atoms with Gasteiger partial charge in [-0.2, -0.15) is 0 Å². The van der Waals surface area contributed by atoms with Gasteiger partial charge >= 0.3 is 11.6 Å². The summed E-state index contributed by atoms with van der Waals surface area (Å²) in [5, 5.41) is 10.3. The van der Waals surface area contributed by atoms with Crippen LogP contribution in [0.15, 0.2) is 57.7 Å². The zero-order valence-electron chi connectivity index (χ0n) is 10.7. The maximum Gasteiger partial charge on any atom is 0.351 e. The van der Waals surface area contributed by atoms with E-state index in [2.05, 4.69) is 0 Å². The highest BCUT2D eigenvalue weighted by molar-refractivity contribution is 6.31. The number of carboxylic acid groups (broad SMARTS) is 1. The second kappa shape index (κ2) is 5.07. The van der Waals surface area contributed by atoms with Crippen LogP contribution in [0.4, 0.5) is 0 Å². The molecule has 4 nitrogen and oxygen atoms in total. The van der Waals surface area contributed by atoms with E-state index in [1.165, 1.54) is 0 Å². The van der Waals surface area contributed by atoms with Gasteiger partial charge in [0.05, 0.1) is 0 Å². The molecule has 0 radical (unpaired) electrons. The lowest BCUT2D eigenvalue weighted by molar-refractivity contribution is 0.0693. The van der Waals surface area contributed by atoms with E-state index in [4.69, 9.17) is 16.0 Å². The minimum absolute atomic E-state index is 0.299. The van der Waals surface area contributed by atoms with Gasteiger partial charge in [0.25, 0.3) is 0 Å². The van der Waals surface area contributed by atoms with E-state index in [0.717, 1.165) is 0 Å². The van der Waals surface area contributed by atoms with E-state index in [1.54, 1.807) is 42.5 Å². The fraction of sp³-hybridized carbons (Fsp3) is 0. The van der Waals surface area contributed by atoms with Gasteiger partial charge in [-0.1, -0.05) is 41.9 Å². The maximum absolute atomic E-state index is 12.0. The molecule has 2 aromatic carbocycles. The first-order valence-corrected chi connectivity index (χ1v) is 6.51. The third-order valence-electron chi connectivity index (χ3n) is 3.14. The highest BCUT2D eigenvalue weighted by Crippen LogP contribution is 2.32. The molecule has 21 heavy (non-hydrogen) atoms. The molecule has 3 aromatic rings. The van der Waals surface area contributed by atoms with Crippen molar-refractivity contribution >= 4 is 28.5 Å². The number of halogens is 1. The molecule has 1 N–H and O–H groups in total. The van der Waals surface area contributed by atoms with E-state index < -0.39 is 17.2 Å². The van der Waals surface area contributed by atoms with E-state index in [1.807, 2.05) is 6.07 Å². The van der Waals surface area contributed by atoms with Crippen molar-refractivity contribution in [2.75, 3.05) is 0 Å². The van der Waals surface area contributed by atoms with Crippen LogP contribution in [-0.2, 0) is 0 Å². The Bertz CT molecular complexity index is 897. The number of fused-ring (bicyclic) bond motifs is 1. The molecule has 0 bridgehead atoms. The highest BCUT2D eigenvalue weighted by Gasteiger charge is 2.21. The van der Waals surface area contributed by atoms with Crippen molar-refractivity contribution in [2.24, 2.45) is 0 Å². The van der Waals surface area contributed by atoms with Crippen LogP contribution in [0.2, 0.25) is 5.02 Å². The van der Waals surface area contributed by atoms with E-state index >= 15 is 0 Å². The molecule has 0 fully saturated rings. The number of carbonyl (C=O) groups is 1. The van der Waals surface area contributed by atoms with Gasteiger partial charge in [0.1, 0.15) is 5.58 Å². The van der Waals surface area contributed by atoms with Crippen LogP contribution in [0.25, 0.3) is 22.1 Å². The zero-order chi connectivity index (χ0) is 15.0. The molecule has 0 atom stereocenters. The number of benzene rings is 2. The van der Waals surface area contributed by atoms with Crippen LogP contribution in [0.5, 0.6) is 0 Å². The molecule has 0 saturated carbocycles. The molecule has 0 amide bonds. The van der Waals surface area contributed by atoms with Crippen LogP contribution in [0, 0.1) is 0 Å². The predicted octanol–water partition coefficient (Wildman–Crippen LogP) is 3.81. The van der Waals surface area contributed by atoms with Crippen molar-refractivity contribution in [1.82, 2.24) is 0 Å². The molecule has 1 aromatic heterocycles. The van der Waals surface area contributed by atoms with Gasteiger partial charge in [-0.3, -0.25) is 0 Å². The van der Waals surface area contributed by atoms with Crippen LogP contribution in [-0.4, -0.2) is 11.1 Å². The van der Waals surface area contributed by atoms with E-state index in [0.29, 0.717) is 27.1 Å². The average Bonchev–Trinajstić information content (AvgIpc) is 2.47. The molecular formula is C16H9ClO4. The highest BCUT2D eigenvalue weighted by atomic mass is 35.5. The van der Waals surface area contributed by atoms with Crippen LogP contribution in [0.3, 0.4) is 0 Å². The third kappa shape index (κ3) is 2.30. The van der Waals surface area contributed by atoms with Crippen molar-refractivity contribution < 1.29 is 14.3 Å². The van der Waals surface area contributed by atoms with Crippen LogP contribution in [0.1, 0.15) is 10.4 Å². The van der Waals surface area contributed by atoms with Gasteiger partial charge < -0.3 is 9.52 Å². The Morgan fingerprint density at radius 1 is 1.10 bits per heavy atom. The van der Waals surface area contributed by atoms with Gasteiger partial charge in [-0.25, -0.2) is 9.59 Å². The van der Waals surface area contributed by atoms with Crippen molar-refractivity contribution in [1.29, 1.82) is 0 Å². The van der Waals surface area contributed by atoms with E-state index in [-0.39, 0.29) is 0 Å². The Kier molecular flexibility index (Phi) is 3.23. The zero-order valence-corrected chi connectivity index (χ0v) is 11.4. The third-order valence-corrected chi connectivity index (χ3v) is 3.38. The van der Waals surface area contributed by atoms with Crippen molar-refractivity contribution in [3.8, 4) is 11.1 Å². The first-order chi connectivity index (χ1) is 10.1. The lowest BCUT2D eigenvalue weighted by Gasteiger charge is -2.09. The summed E-state index contributed by atoms with van der Waals surface area (Å²) in [5.74, 6) is -1.33. The molecule has 5 heteroatoms. The average molecular weight is 301 g/mol. The van der Waals surface area contributed by atoms with E-state index in [9.17, 15) is 14.7 Å². The summed E-state index contributed by atoms with van der Waals surface area (Å²) in [7, 11) is 0. The lowest BCUT2D eigenvalue weighted by Crippen LogP contribution is -2.15. The van der Waals surface area contributed by atoms with Gasteiger partial charge in [0, 0.05) is 16.0 Å². The largest absolute Gasteiger partial charge is 0.477 e. The Hall–Kier alpha value is -2.59. The molecule has 1 heterocycles. The summed E-state index contributed by atoms with van der Waals surface area (Å²) in [6, 6.07) is 13.6. The van der Waals surface area contributed by atoms with Gasteiger partial charge in [0.15, 0.2) is 5.56 Å². The molecule has 3 rings (SSSR count). The molecule has 0 spiro atoms. The molecule has 104 valence electrons. The van der Waals surface area contributed by atoms with Gasteiger partial charge in [-0.15, -0.1) is 0 Å². The number of hydrogen-bond donors (Lipinski definition) is 1. The molecule has 0 aliphatic carbocycles. The molecule has 0 unspecified atom stereocenters. The fourth-order valence-electron chi connectivity index (χ4n) is 2.27. The number of hydrogen-bond acceptors (Lipinski definition) is 3. The predicted molar refractivity (Wildman–Crippen MR) is 79.9 cm³/mol. The Balaban J connectivity index is 2.53. The second-order valence-electron chi connectivity index (χ2n) is 4.45. The maximum atomic E-state index is 12.0. The first-order valence-electron chi connectivity index (χ1n) is 6.13. The Morgan fingerprint density at radius 2 is 1.81 bits per heavy atom.